The first kappa shape index (κ1) is 19.6. The van der Waals surface area contributed by atoms with Crippen LogP contribution < -0.4 is 5.32 Å². The Bertz CT molecular complexity index is 564. The lowest BCUT2D eigenvalue weighted by atomic mass is 10.2. The SMILES string of the molecule is C=C(C)C(=O)N(CC(=C)C(=O)NC(=C)C(=O)O)CN1CCOCC1. The second kappa shape index (κ2) is 8.99. The standard InChI is InChI=1S/C16H23N3O5/c1-11(2)15(21)19(10-18-5-7-24-8-6-18)9-12(3)14(20)17-13(4)16(22)23/h1,3-10H2,2H3,(H,17,20)(H,22,23). The Morgan fingerprint density at radius 2 is 1.79 bits per heavy atom. The molecule has 0 atom stereocenters. The average Bonchev–Trinajstić information content (AvgIpc) is 2.53. The van der Waals surface area contributed by atoms with Gasteiger partial charge in [0.1, 0.15) is 5.70 Å². The molecule has 2 N–H and O–H groups in total. The van der Waals surface area contributed by atoms with Crippen LogP contribution in [0.15, 0.2) is 36.6 Å². The Hall–Kier alpha value is -2.45. The molecule has 1 fully saturated rings. The van der Waals surface area contributed by atoms with Gasteiger partial charge in [0.05, 0.1) is 26.4 Å². The summed E-state index contributed by atoms with van der Waals surface area (Å²) in [5.74, 6) is -2.32. The fourth-order valence-corrected chi connectivity index (χ4v) is 2.02. The van der Waals surface area contributed by atoms with Crippen molar-refractivity contribution >= 4 is 17.8 Å². The van der Waals surface area contributed by atoms with Crippen LogP contribution in [0.2, 0.25) is 0 Å². The third-order valence-corrected chi connectivity index (χ3v) is 3.35. The van der Waals surface area contributed by atoms with Crippen molar-refractivity contribution in [3.63, 3.8) is 0 Å². The minimum Gasteiger partial charge on any atom is -0.477 e. The lowest BCUT2D eigenvalue weighted by Crippen LogP contribution is -2.47. The fourth-order valence-electron chi connectivity index (χ4n) is 2.02. The molecule has 1 rings (SSSR count). The van der Waals surface area contributed by atoms with E-state index in [0.29, 0.717) is 38.5 Å². The van der Waals surface area contributed by atoms with Crippen molar-refractivity contribution in [2.75, 3.05) is 39.5 Å². The Morgan fingerprint density at radius 3 is 2.29 bits per heavy atom. The van der Waals surface area contributed by atoms with Crippen LogP contribution in [0, 0.1) is 0 Å². The summed E-state index contributed by atoms with van der Waals surface area (Å²) >= 11 is 0. The molecule has 1 aliphatic heterocycles. The fraction of sp³-hybridized carbons (Fsp3) is 0.438. The largest absolute Gasteiger partial charge is 0.477 e. The maximum Gasteiger partial charge on any atom is 0.351 e. The van der Waals surface area contributed by atoms with Crippen LogP contribution in [-0.2, 0) is 19.1 Å². The minimum absolute atomic E-state index is 0.0399. The van der Waals surface area contributed by atoms with Crippen LogP contribution in [0.5, 0.6) is 0 Å². The highest BCUT2D eigenvalue weighted by Gasteiger charge is 2.22. The Labute approximate surface area is 141 Å². The predicted octanol–water partition coefficient (Wildman–Crippen LogP) is -0.0485. The van der Waals surface area contributed by atoms with Gasteiger partial charge in [-0.05, 0) is 6.92 Å². The molecule has 1 heterocycles. The van der Waals surface area contributed by atoms with Gasteiger partial charge >= 0.3 is 5.97 Å². The van der Waals surface area contributed by atoms with Gasteiger partial charge in [0, 0.05) is 24.2 Å². The summed E-state index contributed by atoms with van der Waals surface area (Å²) < 4.78 is 5.27. The van der Waals surface area contributed by atoms with Crippen molar-refractivity contribution in [3.05, 3.63) is 36.6 Å². The molecule has 24 heavy (non-hydrogen) atoms. The number of aliphatic carboxylic acids is 1. The van der Waals surface area contributed by atoms with E-state index >= 15 is 0 Å². The second-order valence-corrected chi connectivity index (χ2v) is 5.50. The van der Waals surface area contributed by atoms with E-state index in [-0.39, 0.29) is 18.0 Å². The van der Waals surface area contributed by atoms with E-state index in [4.69, 9.17) is 9.84 Å². The highest BCUT2D eigenvalue weighted by atomic mass is 16.5. The lowest BCUT2D eigenvalue weighted by molar-refractivity contribution is -0.134. The molecule has 0 saturated carbocycles. The zero-order valence-corrected chi connectivity index (χ0v) is 13.8. The number of morpholine rings is 1. The number of hydrogen-bond acceptors (Lipinski definition) is 5. The summed E-state index contributed by atoms with van der Waals surface area (Å²) in [4.78, 5) is 38.4. The van der Waals surface area contributed by atoms with Crippen LogP contribution in [0.1, 0.15) is 6.92 Å². The molecule has 0 aliphatic carbocycles. The first-order chi connectivity index (χ1) is 11.2. The summed E-state index contributed by atoms with van der Waals surface area (Å²) in [6.07, 6.45) is 0. The van der Waals surface area contributed by atoms with Crippen LogP contribution in [0.25, 0.3) is 0 Å². The molecule has 0 aromatic heterocycles. The second-order valence-electron chi connectivity index (χ2n) is 5.50. The maximum absolute atomic E-state index is 12.3. The van der Waals surface area contributed by atoms with Gasteiger partial charge in [-0.15, -0.1) is 0 Å². The monoisotopic (exact) mass is 337 g/mol. The van der Waals surface area contributed by atoms with Gasteiger partial charge in [-0.25, -0.2) is 4.79 Å². The molecule has 0 bridgehead atoms. The quantitative estimate of drug-likeness (QED) is 0.603. The highest BCUT2D eigenvalue weighted by Crippen LogP contribution is 2.07. The van der Waals surface area contributed by atoms with Crippen molar-refractivity contribution in [3.8, 4) is 0 Å². The zero-order valence-electron chi connectivity index (χ0n) is 13.8. The summed E-state index contributed by atoms with van der Waals surface area (Å²) in [5.41, 5.74) is -0.0567. The van der Waals surface area contributed by atoms with Gasteiger partial charge in [-0.2, -0.15) is 0 Å². The number of carbonyl (C=O) groups excluding carboxylic acids is 2. The molecule has 2 amide bonds. The first-order valence-corrected chi connectivity index (χ1v) is 7.38. The summed E-state index contributed by atoms with van der Waals surface area (Å²) in [7, 11) is 0. The van der Waals surface area contributed by atoms with Gasteiger partial charge < -0.3 is 20.1 Å². The van der Waals surface area contributed by atoms with E-state index < -0.39 is 17.6 Å². The van der Waals surface area contributed by atoms with Gasteiger partial charge in [-0.3, -0.25) is 14.5 Å². The molecule has 0 spiro atoms. The third kappa shape index (κ3) is 5.98. The number of hydrogen-bond donors (Lipinski definition) is 2. The number of carboxylic acids is 1. The lowest BCUT2D eigenvalue weighted by Gasteiger charge is -2.33. The van der Waals surface area contributed by atoms with Gasteiger partial charge in [0.15, 0.2) is 0 Å². The predicted molar refractivity (Wildman–Crippen MR) is 87.8 cm³/mol. The topological polar surface area (TPSA) is 99.2 Å². The Kier molecular flexibility index (Phi) is 7.34. The van der Waals surface area contributed by atoms with Crippen molar-refractivity contribution in [2.24, 2.45) is 0 Å². The number of rotatable bonds is 8. The molecule has 1 aliphatic rings. The molecule has 0 unspecified atom stereocenters. The van der Waals surface area contributed by atoms with Crippen LogP contribution >= 0.6 is 0 Å². The molecule has 8 nitrogen and oxygen atoms in total. The number of carboxylic acid groups (broad SMARTS) is 1. The minimum atomic E-state index is -1.33. The third-order valence-electron chi connectivity index (χ3n) is 3.35. The number of carbonyl (C=O) groups is 3. The normalized spacial score (nSPS) is 14.5. The van der Waals surface area contributed by atoms with E-state index in [1.807, 2.05) is 4.90 Å². The van der Waals surface area contributed by atoms with Crippen molar-refractivity contribution in [2.45, 2.75) is 6.92 Å². The number of nitrogens with zero attached hydrogens (tertiary/aromatic N) is 2. The molecule has 0 aromatic rings. The Balaban J connectivity index is 2.72. The average molecular weight is 337 g/mol. The van der Waals surface area contributed by atoms with Crippen molar-refractivity contribution in [1.82, 2.24) is 15.1 Å². The van der Waals surface area contributed by atoms with E-state index in [9.17, 15) is 14.4 Å². The van der Waals surface area contributed by atoms with Crippen molar-refractivity contribution in [1.29, 1.82) is 0 Å². The molecule has 1 saturated heterocycles. The number of nitrogens with one attached hydrogen (secondary N) is 1. The zero-order chi connectivity index (χ0) is 18.3. The smallest absolute Gasteiger partial charge is 0.351 e. The highest BCUT2D eigenvalue weighted by molar-refractivity contribution is 6.00. The number of amides is 2. The summed E-state index contributed by atoms with van der Waals surface area (Å²) in [5, 5.41) is 10.9. The van der Waals surface area contributed by atoms with Crippen LogP contribution in [0.4, 0.5) is 0 Å². The summed E-state index contributed by atoms with van der Waals surface area (Å²) in [6, 6.07) is 0. The molecule has 132 valence electrons. The van der Waals surface area contributed by atoms with Gasteiger partial charge in [-0.1, -0.05) is 19.7 Å². The van der Waals surface area contributed by atoms with E-state index in [0.717, 1.165) is 0 Å². The summed E-state index contributed by atoms with van der Waals surface area (Å²) in [6.45, 7) is 14.8. The number of ether oxygens (including phenoxy) is 1. The maximum atomic E-state index is 12.3. The molecular weight excluding hydrogens is 314 g/mol. The Morgan fingerprint density at radius 1 is 1.21 bits per heavy atom. The molecule has 8 heteroatoms. The molecule has 0 aromatic carbocycles. The van der Waals surface area contributed by atoms with E-state index in [1.165, 1.54) is 4.90 Å². The van der Waals surface area contributed by atoms with Gasteiger partial charge in [0.2, 0.25) is 5.91 Å². The van der Waals surface area contributed by atoms with Crippen LogP contribution in [-0.4, -0.2) is 72.2 Å². The van der Waals surface area contributed by atoms with E-state index in [2.05, 4.69) is 25.1 Å². The van der Waals surface area contributed by atoms with Crippen molar-refractivity contribution < 1.29 is 24.2 Å². The van der Waals surface area contributed by atoms with Crippen LogP contribution in [0.3, 0.4) is 0 Å². The van der Waals surface area contributed by atoms with Gasteiger partial charge in [0.25, 0.3) is 5.91 Å². The first-order valence-electron chi connectivity index (χ1n) is 7.38. The molecular formula is C16H23N3O5. The molecule has 0 radical (unpaired) electrons. The van der Waals surface area contributed by atoms with E-state index in [1.54, 1.807) is 6.92 Å².